The van der Waals surface area contributed by atoms with Gasteiger partial charge in [-0.05, 0) is 24.3 Å². The van der Waals surface area contributed by atoms with Gasteiger partial charge in [0.15, 0.2) is 0 Å². The van der Waals surface area contributed by atoms with Crippen LogP contribution in [0.15, 0.2) is 42.7 Å². The molecule has 0 unspecified atom stereocenters. The van der Waals surface area contributed by atoms with Crippen molar-refractivity contribution >= 4 is 11.6 Å². The Morgan fingerprint density at radius 2 is 2.10 bits per heavy atom. The van der Waals surface area contributed by atoms with Crippen molar-refractivity contribution in [2.24, 2.45) is 0 Å². The molecule has 1 aliphatic carbocycles. The fourth-order valence-electron chi connectivity index (χ4n) is 2.72. The summed E-state index contributed by atoms with van der Waals surface area (Å²) in [6, 6.07) is 11.1. The maximum absolute atomic E-state index is 11.3. The minimum Gasteiger partial charge on any atom is -0.380 e. The molecule has 2 N–H and O–H groups in total. The number of carbonyl (C=O) groups is 1. The molecule has 0 radical (unpaired) electrons. The Balaban J connectivity index is 1.50. The van der Waals surface area contributed by atoms with Gasteiger partial charge in [0.1, 0.15) is 6.54 Å². The number of likely N-dealkylation sites (N-methyl/N-ethyl adjacent to an activating group) is 1. The highest BCUT2D eigenvalue weighted by Crippen LogP contribution is 2.38. The van der Waals surface area contributed by atoms with Gasteiger partial charge >= 0.3 is 0 Å². The molecule has 0 saturated heterocycles. The first-order valence-corrected chi connectivity index (χ1v) is 7.29. The van der Waals surface area contributed by atoms with Gasteiger partial charge < -0.3 is 10.6 Å². The standard InChI is InChI=1S/C16H20N4O/c1-17-16(21)11-20-10-15(9-18-20)19-14-7-13(8-14)12-5-3-2-4-6-12/h2-6,9-10,13-14,19H,7-8,11H2,1H3,(H,17,21). The number of carbonyl (C=O) groups excluding carboxylic acids is 1. The van der Waals surface area contributed by atoms with Crippen molar-refractivity contribution in [3.8, 4) is 0 Å². The molecule has 0 spiro atoms. The Kier molecular flexibility index (Phi) is 3.90. The molecule has 1 saturated carbocycles. The Labute approximate surface area is 124 Å². The molecular weight excluding hydrogens is 264 g/mol. The zero-order chi connectivity index (χ0) is 14.7. The predicted octanol–water partition coefficient (Wildman–Crippen LogP) is 1.99. The quantitative estimate of drug-likeness (QED) is 0.882. The number of anilines is 1. The molecule has 2 aromatic rings. The predicted molar refractivity (Wildman–Crippen MR) is 82.1 cm³/mol. The largest absolute Gasteiger partial charge is 0.380 e. The summed E-state index contributed by atoms with van der Waals surface area (Å²) in [5.41, 5.74) is 2.40. The van der Waals surface area contributed by atoms with E-state index in [9.17, 15) is 4.79 Å². The average Bonchev–Trinajstić information content (AvgIpc) is 2.90. The lowest BCUT2D eigenvalue weighted by Crippen LogP contribution is -2.33. The zero-order valence-electron chi connectivity index (χ0n) is 12.1. The summed E-state index contributed by atoms with van der Waals surface area (Å²) in [5, 5.41) is 10.3. The summed E-state index contributed by atoms with van der Waals surface area (Å²) in [5.74, 6) is 0.613. The molecule has 1 fully saturated rings. The van der Waals surface area contributed by atoms with Crippen LogP contribution in [0.2, 0.25) is 0 Å². The van der Waals surface area contributed by atoms with Gasteiger partial charge in [0.25, 0.3) is 0 Å². The van der Waals surface area contributed by atoms with E-state index in [0.717, 1.165) is 18.5 Å². The van der Waals surface area contributed by atoms with E-state index in [1.165, 1.54) is 5.56 Å². The van der Waals surface area contributed by atoms with E-state index in [1.54, 1.807) is 17.9 Å². The highest BCUT2D eigenvalue weighted by Gasteiger charge is 2.30. The van der Waals surface area contributed by atoms with Crippen molar-refractivity contribution in [2.45, 2.75) is 31.3 Å². The molecule has 1 aromatic heterocycles. The fraction of sp³-hybridized carbons (Fsp3) is 0.375. The van der Waals surface area contributed by atoms with E-state index in [-0.39, 0.29) is 12.5 Å². The molecule has 0 atom stereocenters. The highest BCUT2D eigenvalue weighted by atomic mass is 16.1. The first-order chi connectivity index (χ1) is 10.2. The van der Waals surface area contributed by atoms with Gasteiger partial charge in [0, 0.05) is 19.3 Å². The first-order valence-electron chi connectivity index (χ1n) is 7.29. The van der Waals surface area contributed by atoms with E-state index in [0.29, 0.717) is 12.0 Å². The fourth-order valence-corrected chi connectivity index (χ4v) is 2.72. The second-order valence-electron chi connectivity index (χ2n) is 5.52. The van der Waals surface area contributed by atoms with Crippen molar-refractivity contribution in [1.82, 2.24) is 15.1 Å². The maximum atomic E-state index is 11.3. The molecule has 21 heavy (non-hydrogen) atoms. The van der Waals surface area contributed by atoms with Crippen molar-refractivity contribution < 1.29 is 4.79 Å². The van der Waals surface area contributed by atoms with Gasteiger partial charge in [-0.25, -0.2) is 0 Å². The summed E-state index contributed by atoms with van der Waals surface area (Å²) in [7, 11) is 1.63. The number of nitrogens with one attached hydrogen (secondary N) is 2. The van der Waals surface area contributed by atoms with Gasteiger partial charge in [-0.15, -0.1) is 0 Å². The van der Waals surface area contributed by atoms with Crippen LogP contribution < -0.4 is 10.6 Å². The number of amides is 1. The van der Waals surface area contributed by atoms with Crippen LogP contribution >= 0.6 is 0 Å². The molecule has 5 nitrogen and oxygen atoms in total. The summed E-state index contributed by atoms with van der Waals surface area (Å²) in [6.07, 6.45) is 5.94. The van der Waals surface area contributed by atoms with E-state index in [1.807, 2.05) is 6.20 Å². The molecule has 1 heterocycles. The molecule has 0 bridgehead atoms. The highest BCUT2D eigenvalue weighted by molar-refractivity contribution is 5.75. The third-order valence-electron chi connectivity index (χ3n) is 4.00. The van der Waals surface area contributed by atoms with Crippen molar-refractivity contribution in [3.63, 3.8) is 0 Å². The molecule has 1 aliphatic rings. The van der Waals surface area contributed by atoms with Crippen molar-refractivity contribution in [1.29, 1.82) is 0 Å². The summed E-state index contributed by atoms with van der Waals surface area (Å²) in [6.45, 7) is 0.259. The van der Waals surface area contributed by atoms with Gasteiger partial charge in [-0.1, -0.05) is 30.3 Å². The number of rotatable bonds is 5. The normalized spacial score (nSPS) is 20.6. The molecule has 1 aromatic carbocycles. The van der Waals surface area contributed by atoms with Crippen LogP contribution in [0.3, 0.4) is 0 Å². The van der Waals surface area contributed by atoms with E-state index in [4.69, 9.17) is 0 Å². The van der Waals surface area contributed by atoms with E-state index >= 15 is 0 Å². The average molecular weight is 284 g/mol. The topological polar surface area (TPSA) is 59.0 Å². The minimum atomic E-state index is -0.0440. The molecule has 0 aliphatic heterocycles. The third kappa shape index (κ3) is 3.24. The maximum Gasteiger partial charge on any atom is 0.241 e. The number of benzene rings is 1. The lowest BCUT2D eigenvalue weighted by atomic mass is 9.76. The second-order valence-corrected chi connectivity index (χ2v) is 5.52. The van der Waals surface area contributed by atoms with Crippen LogP contribution in [-0.4, -0.2) is 28.8 Å². The van der Waals surface area contributed by atoms with Gasteiger partial charge in [0.2, 0.25) is 5.91 Å². The van der Waals surface area contributed by atoms with Crippen LogP contribution in [0.5, 0.6) is 0 Å². The third-order valence-corrected chi connectivity index (χ3v) is 4.00. The summed E-state index contributed by atoms with van der Waals surface area (Å²) in [4.78, 5) is 11.3. The molecule has 110 valence electrons. The van der Waals surface area contributed by atoms with Gasteiger partial charge in [-0.2, -0.15) is 5.10 Å². The SMILES string of the molecule is CNC(=O)Cn1cc(NC2CC(c3ccccc3)C2)cn1. The van der Waals surface area contributed by atoms with Crippen molar-refractivity contribution in [2.75, 3.05) is 12.4 Å². The Hall–Kier alpha value is -2.30. The van der Waals surface area contributed by atoms with Gasteiger partial charge in [-0.3, -0.25) is 9.48 Å². The number of hydrogen-bond acceptors (Lipinski definition) is 3. The van der Waals surface area contributed by atoms with Crippen molar-refractivity contribution in [3.05, 3.63) is 48.3 Å². The summed E-state index contributed by atoms with van der Waals surface area (Å²) >= 11 is 0. The van der Waals surface area contributed by atoms with Crippen LogP contribution in [-0.2, 0) is 11.3 Å². The number of aromatic nitrogens is 2. The lowest BCUT2D eigenvalue weighted by Gasteiger charge is -2.36. The monoisotopic (exact) mass is 284 g/mol. The number of nitrogens with zero attached hydrogens (tertiary/aromatic N) is 2. The Morgan fingerprint density at radius 1 is 1.33 bits per heavy atom. The minimum absolute atomic E-state index is 0.0440. The van der Waals surface area contributed by atoms with Crippen LogP contribution in [0, 0.1) is 0 Å². The zero-order valence-corrected chi connectivity index (χ0v) is 12.1. The summed E-state index contributed by atoms with van der Waals surface area (Å²) < 4.78 is 1.65. The van der Waals surface area contributed by atoms with E-state index in [2.05, 4.69) is 46.1 Å². The van der Waals surface area contributed by atoms with Crippen LogP contribution in [0.25, 0.3) is 0 Å². The lowest BCUT2D eigenvalue weighted by molar-refractivity contribution is -0.121. The van der Waals surface area contributed by atoms with Crippen LogP contribution in [0.1, 0.15) is 24.3 Å². The second kappa shape index (κ2) is 5.99. The number of hydrogen-bond donors (Lipinski definition) is 2. The molecular formula is C16H20N4O. The Bertz CT molecular complexity index is 602. The Morgan fingerprint density at radius 3 is 2.81 bits per heavy atom. The van der Waals surface area contributed by atoms with Gasteiger partial charge in [0.05, 0.1) is 11.9 Å². The molecule has 1 amide bonds. The first kappa shape index (κ1) is 13.7. The van der Waals surface area contributed by atoms with Crippen LogP contribution in [0.4, 0.5) is 5.69 Å². The molecule has 3 rings (SSSR count). The molecule has 5 heteroatoms. The smallest absolute Gasteiger partial charge is 0.241 e. The van der Waals surface area contributed by atoms with E-state index < -0.39 is 0 Å².